The third-order valence-corrected chi connectivity index (χ3v) is 3.69. The second-order valence-electron chi connectivity index (χ2n) is 5.66. The van der Waals surface area contributed by atoms with Gasteiger partial charge in [0.15, 0.2) is 11.5 Å². The molecule has 1 aliphatic heterocycles. The zero-order chi connectivity index (χ0) is 15.4. The molecule has 0 fully saturated rings. The minimum absolute atomic E-state index is 0.00874. The Morgan fingerprint density at radius 3 is 2.71 bits per heavy atom. The lowest BCUT2D eigenvalue weighted by molar-refractivity contribution is 0.161. The first-order valence-electron chi connectivity index (χ1n) is 6.66. The van der Waals surface area contributed by atoms with Crippen molar-refractivity contribution in [2.45, 2.75) is 19.4 Å². The summed E-state index contributed by atoms with van der Waals surface area (Å²) in [6, 6.07) is 3.28. The van der Waals surface area contributed by atoms with Crippen molar-refractivity contribution in [2.75, 3.05) is 7.11 Å². The maximum atomic E-state index is 12.5. The van der Waals surface area contributed by atoms with Crippen LogP contribution in [-0.2, 0) is 7.05 Å². The molecule has 0 aliphatic carbocycles. The van der Waals surface area contributed by atoms with Crippen LogP contribution < -0.4 is 15.0 Å². The standard InChI is InChI=1S/C16H17NO4/c1-16(2)8-7-10-13(21-16)9-5-6-11(18)14(20-4)12(9)17(3)15(10)19/h5-8,18H,1-4H3. The van der Waals surface area contributed by atoms with E-state index in [4.69, 9.17) is 9.47 Å². The molecule has 110 valence electrons. The van der Waals surface area contributed by atoms with Crippen molar-refractivity contribution in [3.8, 4) is 17.2 Å². The first-order chi connectivity index (χ1) is 9.85. The number of phenolic OH excluding ortho intramolecular Hbond substituents is 1. The molecule has 5 heteroatoms. The molecule has 0 saturated heterocycles. The molecular weight excluding hydrogens is 270 g/mol. The monoisotopic (exact) mass is 287 g/mol. The molecule has 0 saturated carbocycles. The van der Waals surface area contributed by atoms with Crippen molar-refractivity contribution >= 4 is 17.0 Å². The zero-order valence-electron chi connectivity index (χ0n) is 12.4. The second kappa shape index (κ2) is 4.28. The van der Waals surface area contributed by atoms with Crippen LogP contribution in [0.25, 0.3) is 17.0 Å². The summed E-state index contributed by atoms with van der Waals surface area (Å²) in [5.41, 5.74) is 0.356. The fourth-order valence-corrected chi connectivity index (χ4v) is 2.64. The molecule has 2 aromatic rings. The normalized spacial score (nSPS) is 15.6. The largest absolute Gasteiger partial charge is 0.504 e. The number of methoxy groups -OCH3 is 1. The molecule has 1 aromatic heterocycles. The molecule has 0 unspecified atom stereocenters. The Bertz CT molecular complexity index is 831. The van der Waals surface area contributed by atoms with Crippen LogP contribution >= 0.6 is 0 Å². The third kappa shape index (κ3) is 1.88. The molecule has 0 radical (unpaired) electrons. The Hall–Kier alpha value is -2.43. The summed E-state index contributed by atoms with van der Waals surface area (Å²) < 4.78 is 12.7. The Morgan fingerprint density at radius 1 is 1.33 bits per heavy atom. The van der Waals surface area contributed by atoms with Gasteiger partial charge in [0.05, 0.1) is 12.7 Å². The quantitative estimate of drug-likeness (QED) is 0.875. The van der Waals surface area contributed by atoms with Crippen molar-refractivity contribution in [3.63, 3.8) is 0 Å². The van der Waals surface area contributed by atoms with Crippen molar-refractivity contribution in [1.29, 1.82) is 0 Å². The molecule has 1 N–H and O–H groups in total. The van der Waals surface area contributed by atoms with Gasteiger partial charge in [-0.3, -0.25) is 4.79 Å². The first-order valence-corrected chi connectivity index (χ1v) is 6.66. The Labute approximate surface area is 122 Å². The first kappa shape index (κ1) is 13.5. The minimum atomic E-state index is -0.489. The smallest absolute Gasteiger partial charge is 0.261 e. The molecule has 0 amide bonds. The van der Waals surface area contributed by atoms with E-state index in [-0.39, 0.29) is 17.1 Å². The van der Waals surface area contributed by atoms with Gasteiger partial charge in [0.2, 0.25) is 0 Å². The number of benzene rings is 1. The number of aryl methyl sites for hydroxylation is 1. The van der Waals surface area contributed by atoms with Crippen LogP contribution in [0.5, 0.6) is 17.2 Å². The van der Waals surface area contributed by atoms with Gasteiger partial charge in [0, 0.05) is 12.4 Å². The van der Waals surface area contributed by atoms with Crippen molar-refractivity contribution in [2.24, 2.45) is 7.05 Å². The summed E-state index contributed by atoms with van der Waals surface area (Å²) in [6.45, 7) is 3.85. The van der Waals surface area contributed by atoms with E-state index in [1.165, 1.54) is 11.7 Å². The Balaban J connectivity index is 2.51. The molecule has 21 heavy (non-hydrogen) atoms. The molecule has 0 bridgehead atoms. The lowest BCUT2D eigenvalue weighted by Gasteiger charge is -2.29. The zero-order valence-corrected chi connectivity index (χ0v) is 12.4. The minimum Gasteiger partial charge on any atom is -0.504 e. The number of hydrogen-bond donors (Lipinski definition) is 1. The summed E-state index contributed by atoms with van der Waals surface area (Å²) in [7, 11) is 3.11. The van der Waals surface area contributed by atoms with E-state index in [9.17, 15) is 9.90 Å². The molecule has 2 heterocycles. The number of rotatable bonds is 1. The van der Waals surface area contributed by atoms with Crippen LogP contribution in [0, 0.1) is 0 Å². The Kier molecular flexibility index (Phi) is 2.76. The summed E-state index contributed by atoms with van der Waals surface area (Å²) >= 11 is 0. The highest BCUT2D eigenvalue weighted by Gasteiger charge is 2.27. The van der Waals surface area contributed by atoms with E-state index >= 15 is 0 Å². The van der Waals surface area contributed by atoms with E-state index in [1.54, 1.807) is 25.3 Å². The fraction of sp³-hybridized carbons (Fsp3) is 0.312. The molecular formula is C16H17NO4. The maximum Gasteiger partial charge on any atom is 0.261 e. The summed E-state index contributed by atoms with van der Waals surface area (Å²) in [6.07, 6.45) is 3.65. The number of aromatic nitrogens is 1. The van der Waals surface area contributed by atoms with Crippen LogP contribution in [0.3, 0.4) is 0 Å². The van der Waals surface area contributed by atoms with Crippen LogP contribution in [0.4, 0.5) is 0 Å². The van der Waals surface area contributed by atoms with E-state index in [2.05, 4.69) is 0 Å². The van der Waals surface area contributed by atoms with Gasteiger partial charge in [0.25, 0.3) is 5.56 Å². The van der Waals surface area contributed by atoms with Gasteiger partial charge in [-0.2, -0.15) is 0 Å². The van der Waals surface area contributed by atoms with E-state index in [0.29, 0.717) is 16.8 Å². The average molecular weight is 287 g/mol. The van der Waals surface area contributed by atoms with Crippen LogP contribution in [0.15, 0.2) is 23.0 Å². The maximum absolute atomic E-state index is 12.5. The number of ether oxygens (including phenoxy) is 2. The molecule has 0 spiro atoms. The van der Waals surface area contributed by atoms with E-state index < -0.39 is 5.60 Å². The highest BCUT2D eigenvalue weighted by Crippen LogP contribution is 2.41. The summed E-state index contributed by atoms with van der Waals surface area (Å²) in [5.74, 6) is 0.787. The molecule has 3 rings (SSSR count). The topological polar surface area (TPSA) is 60.7 Å². The van der Waals surface area contributed by atoms with Gasteiger partial charge in [-0.05, 0) is 38.1 Å². The van der Waals surface area contributed by atoms with Gasteiger partial charge < -0.3 is 19.1 Å². The van der Waals surface area contributed by atoms with Crippen LogP contribution in [0.2, 0.25) is 0 Å². The Morgan fingerprint density at radius 2 is 2.05 bits per heavy atom. The van der Waals surface area contributed by atoms with Gasteiger partial charge in [-0.25, -0.2) is 0 Å². The number of nitrogens with zero attached hydrogens (tertiary/aromatic N) is 1. The van der Waals surface area contributed by atoms with Crippen molar-refractivity contribution in [3.05, 3.63) is 34.1 Å². The average Bonchev–Trinajstić information content (AvgIpc) is 2.43. The van der Waals surface area contributed by atoms with Gasteiger partial charge >= 0.3 is 0 Å². The van der Waals surface area contributed by atoms with Crippen molar-refractivity contribution < 1.29 is 14.6 Å². The molecule has 1 aromatic carbocycles. The van der Waals surface area contributed by atoms with E-state index in [0.717, 1.165) is 5.39 Å². The fourth-order valence-electron chi connectivity index (χ4n) is 2.64. The SMILES string of the molecule is COc1c(O)ccc2c3c(c(=O)n(C)c12)C=CC(C)(C)O3. The molecule has 1 aliphatic rings. The van der Waals surface area contributed by atoms with Crippen molar-refractivity contribution in [1.82, 2.24) is 4.57 Å². The highest BCUT2D eigenvalue weighted by molar-refractivity contribution is 5.95. The highest BCUT2D eigenvalue weighted by atomic mass is 16.5. The van der Waals surface area contributed by atoms with Gasteiger partial charge in [-0.1, -0.05) is 0 Å². The number of hydrogen-bond acceptors (Lipinski definition) is 4. The number of phenols is 1. The summed E-state index contributed by atoms with van der Waals surface area (Å²) in [5, 5.41) is 10.7. The van der Waals surface area contributed by atoms with E-state index in [1.807, 2.05) is 19.9 Å². The van der Waals surface area contributed by atoms with Crippen LogP contribution in [-0.4, -0.2) is 22.4 Å². The number of pyridine rings is 1. The predicted octanol–water partition coefficient (Wildman–Crippen LogP) is 2.44. The lowest BCUT2D eigenvalue weighted by Crippen LogP contribution is -2.31. The summed E-state index contributed by atoms with van der Waals surface area (Å²) in [4.78, 5) is 12.5. The molecule has 5 nitrogen and oxygen atoms in total. The predicted molar refractivity (Wildman–Crippen MR) is 81.1 cm³/mol. The lowest BCUT2D eigenvalue weighted by atomic mass is 10.0. The van der Waals surface area contributed by atoms with Crippen LogP contribution in [0.1, 0.15) is 19.4 Å². The third-order valence-electron chi connectivity index (χ3n) is 3.69. The van der Waals surface area contributed by atoms with Gasteiger partial charge in [-0.15, -0.1) is 0 Å². The van der Waals surface area contributed by atoms with Gasteiger partial charge in [0.1, 0.15) is 16.9 Å². The number of fused-ring (bicyclic) bond motifs is 3. The second-order valence-corrected chi connectivity index (χ2v) is 5.66. The number of aromatic hydroxyl groups is 1. The molecule has 0 atom stereocenters.